The first-order valence-electron chi connectivity index (χ1n) is 7.48. The highest BCUT2D eigenvalue weighted by molar-refractivity contribution is 5.26. The van der Waals surface area contributed by atoms with Crippen LogP contribution in [-0.2, 0) is 4.74 Å². The summed E-state index contributed by atoms with van der Waals surface area (Å²) >= 11 is 0. The van der Waals surface area contributed by atoms with Crippen LogP contribution in [-0.4, -0.2) is 43.8 Å². The quantitative estimate of drug-likeness (QED) is 0.904. The first-order chi connectivity index (χ1) is 10.0. The van der Waals surface area contributed by atoms with Gasteiger partial charge in [0.2, 0.25) is 0 Å². The molecule has 3 nitrogen and oxygen atoms in total. The summed E-state index contributed by atoms with van der Waals surface area (Å²) < 4.78 is 33.2. The van der Waals surface area contributed by atoms with E-state index in [1.807, 2.05) is 0 Å². The molecule has 1 aliphatic rings. The van der Waals surface area contributed by atoms with Crippen molar-refractivity contribution in [3.63, 3.8) is 0 Å². The predicted octanol–water partition coefficient (Wildman–Crippen LogP) is 2.73. The van der Waals surface area contributed by atoms with Gasteiger partial charge in [-0.05, 0) is 26.5 Å². The molecular weight excluding hydrogens is 274 g/mol. The topological polar surface area (TPSA) is 24.5 Å². The molecule has 2 unspecified atom stereocenters. The second-order valence-electron chi connectivity index (χ2n) is 5.67. The summed E-state index contributed by atoms with van der Waals surface area (Å²) in [5.74, 6) is -1.56. The van der Waals surface area contributed by atoms with Gasteiger partial charge in [-0.2, -0.15) is 0 Å². The summed E-state index contributed by atoms with van der Waals surface area (Å²) in [5, 5.41) is 3.19. The molecule has 1 heterocycles. The maximum Gasteiger partial charge on any atom is 0.163 e. The van der Waals surface area contributed by atoms with Gasteiger partial charge in [-0.25, -0.2) is 8.78 Å². The number of ether oxygens (including phenoxy) is 1. The van der Waals surface area contributed by atoms with Gasteiger partial charge in [-0.3, -0.25) is 4.90 Å². The number of nitrogens with zero attached hydrogens (tertiary/aromatic N) is 1. The Morgan fingerprint density at radius 2 is 2.00 bits per heavy atom. The Labute approximate surface area is 125 Å². The van der Waals surface area contributed by atoms with Crippen LogP contribution in [0.15, 0.2) is 18.2 Å². The Bertz CT molecular complexity index is 477. The van der Waals surface area contributed by atoms with E-state index in [1.54, 1.807) is 19.2 Å². The van der Waals surface area contributed by atoms with E-state index in [-0.39, 0.29) is 11.6 Å². The van der Waals surface area contributed by atoms with E-state index >= 15 is 0 Å². The van der Waals surface area contributed by atoms with Gasteiger partial charge in [0.15, 0.2) is 11.6 Å². The number of hydrogen-bond donors (Lipinski definition) is 1. The van der Waals surface area contributed by atoms with Crippen LogP contribution in [0, 0.1) is 11.6 Å². The van der Waals surface area contributed by atoms with E-state index < -0.39 is 11.6 Å². The van der Waals surface area contributed by atoms with Gasteiger partial charge in [-0.15, -0.1) is 0 Å². The van der Waals surface area contributed by atoms with Crippen LogP contribution in [0.2, 0.25) is 0 Å². The van der Waals surface area contributed by atoms with Crippen molar-refractivity contribution in [2.75, 3.05) is 33.4 Å². The standard InChI is InChI=1S/C16H24F2N2O/c1-4-16(2,20-8-10-21-11-9-20)15(19-3)12-6-5-7-13(17)14(12)18/h5-7,15,19H,4,8-11H2,1-3H3. The lowest BCUT2D eigenvalue weighted by Crippen LogP contribution is -2.57. The zero-order valence-electron chi connectivity index (χ0n) is 13.0. The molecule has 0 amide bonds. The highest BCUT2D eigenvalue weighted by atomic mass is 19.2. The summed E-state index contributed by atoms with van der Waals surface area (Å²) in [7, 11) is 1.80. The lowest BCUT2D eigenvalue weighted by molar-refractivity contribution is -0.0324. The SMILES string of the molecule is CCC(C)(C(NC)c1cccc(F)c1F)N1CCOCC1. The Morgan fingerprint density at radius 3 is 2.57 bits per heavy atom. The second-order valence-corrected chi connectivity index (χ2v) is 5.67. The van der Waals surface area contributed by atoms with Crippen molar-refractivity contribution < 1.29 is 13.5 Å². The molecule has 0 aliphatic carbocycles. The first-order valence-corrected chi connectivity index (χ1v) is 7.48. The summed E-state index contributed by atoms with van der Waals surface area (Å²) in [4.78, 5) is 2.31. The van der Waals surface area contributed by atoms with Gasteiger partial charge < -0.3 is 10.1 Å². The zero-order valence-corrected chi connectivity index (χ0v) is 13.0. The number of likely N-dealkylation sites (N-methyl/N-ethyl adjacent to an activating group) is 1. The molecule has 1 aromatic rings. The van der Waals surface area contributed by atoms with Crippen LogP contribution in [0.1, 0.15) is 31.9 Å². The van der Waals surface area contributed by atoms with Crippen LogP contribution < -0.4 is 5.32 Å². The zero-order chi connectivity index (χ0) is 15.5. The fourth-order valence-electron chi connectivity index (χ4n) is 3.23. The van der Waals surface area contributed by atoms with Gasteiger partial charge in [-0.1, -0.05) is 19.1 Å². The predicted molar refractivity (Wildman–Crippen MR) is 79.2 cm³/mol. The summed E-state index contributed by atoms with van der Waals surface area (Å²) in [6.07, 6.45) is 0.828. The molecule has 0 spiro atoms. The molecule has 1 fully saturated rings. The van der Waals surface area contributed by atoms with Crippen LogP contribution >= 0.6 is 0 Å². The minimum Gasteiger partial charge on any atom is -0.379 e. The van der Waals surface area contributed by atoms with E-state index in [0.717, 1.165) is 25.6 Å². The van der Waals surface area contributed by atoms with Crippen LogP contribution in [0.3, 0.4) is 0 Å². The van der Waals surface area contributed by atoms with Crippen LogP contribution in [0.25, 0.3) is 0 Å². The summed E-state index contributed by atoms with van der Waals surface area (Å²) in [6.45, 7) is 7.15. The largest absolute Gasteiger partial charge is 0.379 e. The minimum absolute atomic E-state index is 0.281. The molecular formula is C16H24F2N2O. The van der Waals surface area contributed by atoms with Crippen molar-refractivity contribution in [1.29, 1.82) is 0 Å². The summed E-state index contributed by atoms with van der Waals surface area (Å²) in [5.41, 5.74) is 0.0843. The van der Waals surface area contributed by atoms with Crippen LogP contribution in [0.4, 0.5) is 8.78 Å². The Morgan fingerprint density at radius 1 is 1.33 bits per heavy atom. The Hall–Kier alpha value is -1.04. The van der Waals surface area contributed by atoms with Crippen molar-refractivity contribution in [3.05, 3.63) is 35.4 Å². The van der Waals surface area contributed by atoms with Crippen molar-refractivity contribution in [1.82, 2.24) is 10.2 Å². The molecule has 0 aromatic heterocycles. The van der Waals surface area contributed by atoms with E-state index in [2.05, 4.69) is 24.1 Å². The fraction of sp³-hybridized carbons (Fsp3) is 0.625. The number of nitrogens with one attached hydrogen (secondary N) is 1. The van der Waals surface area contributed by atoms with Crippen molar-refractivity contribution in [2.45, 2.75) is 31.8 Å². The molecule has 2 rings (SSSR count). The number of rotatable bonds is 5. The lowest BCUT2D eigenvalue weighted by atomic mass is 9.82. The van der Waals surface area contributed by atoms with Gasteiger partial charge in [0, 0.05) is 24.2 Å². The number of benzene rings is 1. The molecule has 0 saturated carbocycles. The molecule has 118 valence electrons. The van der Waals surface area contributed by atoms with Crippen molar-refractivity contribution >= 4 is 0 Å². The molecule has 0 bridgehead atoms. The fourth-order valence-corrected chi connectivity index (χ4v) is 3.23. The Kier molecular flexibility index (Phi) is 5.30. The molecule has 1 saturated heterocycles. The number of hydrogen-bond acceptors (Lipinski definition) is 3. The van der Waals surface area contributed by atoms with Gasteiger partial charge in [0.05, 0.1) is 19.3 Å². The smallest absolute Gasteiger partial charge is 0.163 e. The van der Waals surface area contributed by atoms with E-state index in [0.29, 0.717) is 18.8 Å². The van der Waals surface area contributed by atoms with Gasteiger partial charge in [0.25, 0.3) is 0 Å². The van der Waals surface area contributed by atoms with Crippen LogP contribution in [0.5, 0.6) is 0 Å². The number of halogens is 2. The lowest BCUT2D eigenvalue weighted by Gasteiger charge is -2.48. The third-order valence-electron chi connectivity index (χ3n) is 4.65. The maximum atomic E-state index is 14.2. The molecule has 1 N–H and O–H groups in total. The normalized spacial score (nSPS) is 21.0. The minimum atomic E-state index is -0.798. The van der Waals surface area contributed by atoms with Crippen molar-refractivity contribution in [2.24, 2.45) is 0 Å². The van der Waals surface area contributed by atoms with Gasteiger partial charge >= 0.3 is 0 Å². The average Bonchev–Trinajstić information content (AvgIpc) is 2.52. The molecule has 21 heavy (non-hydrogen) atoms. The third kappa shape index (κ3) is 3.10. The summed E-state index contributed by atoms with van der Waals surface area (Å²) in [6, 6.07) is 4.10. The van der Waals surface area contributed by atoms with E-state index in [9.17, 15) is 8.78 Å². The maximum absolute atomic E-state index is 14.2. The van der Waals surface area contributed by atoms with Crippen molar-refractivity contribution in [3.8, 4) is 0 Å². The number of morpholine rings is 1. The average molecular weight is 298 g/mol. The van der Waals surface area contributed by atoms with Gasteiger partial charge in [0.1, 0.15) is 0 Å². The Balaban J connectivity index is 2.38. The highest BCUT2D eigenvalue weighted by Gasteiger charge is 2.40. The molecule has 1 aliphatic heterocycles. The molecule has 0 radical (unpaired) electrons. The van der Waals surface area contributed by atoms with E-state index in [4.69, 9.17) is 4.74 Å². The second kappa shape index (κ2) is 6.81. The monoisotopic (exact) mass is 298 g/mol. The molecule has 5 heteroatoms. The molecule has 2 atom stereocenters. The first kappa shape index (κ1) is 16.3. The third-order valence-corrected chi connectivity index (χ3v) is 4.65. The molecule has 1 aromatic carbocycles. The highest BCUT2D eigenvalue weighted by Crippen LogP contribution is 2.36. The van der Waals surface area contributed by atoms with E-state index in [1.165, 1.54) is 0 Å².